The highest BCUT2D eigenvalue weighted by Gasteiger charge is 2.30. The van der Waals surface area contributed by atoms with Crippen molar-refractivity contribution >= 4 is 22.4 Å². The maximum atomic E-state index is 12.7. The molecule has 0 spiro atoms. The zero-order chi connectivity index (χ0) is 13.9. The van der Waals surface area contributed by atoms with Crippen molar-refractivity contribution in [2.45, 2.75) is 19.4 Å². The largest absolute Gasteiger partial charge is 0.486 e. The average molecular weight is 293 g/mol. The summed E-state index contributed by atoms with van der Waals surface area (Å²) in [5.74, 6) is 0.397. The van der Waals surface area contributed by atoms with E-state index < -0.39 is 0 Å². The molecule has 1 aliphatic carbocycles. The van der Waals surface area contributed by atoms with E-state index in [1.807, 2.05) is 0 Å². The highest BCUT2D eigenvalue weighted by atomic mass is 32.1. The molecule has 0 radical (unpaired) electrons. The SMILES string of the molecule is O=C(Nc1nnc(COc2ccc(F)cc2)s1)C1CC1. The number of anilines is 1. The minimum absolute atomic E-state index is 0.00662. The van der Waals surface area contributed by atoms with E-state index in [-0.39, 0.29) is 24.2 Å². The fourth-order valence-corrected chi connectivity index (χ4v) is 2.25. The number of nitrogens with one attached hydrogen (secondary N) is 1. The molecule has 0 saturated heterocycles. The van der Waals surface area contributed by atoms with Crippen molar-refractivity contribution in [3.63, 3.8) is 0 Å². The summed E-state index contributed by atoms with van der Waals surface area (Å²) in [7, 11) is 0. The Balaban J connectivity index is 1.54. The van der Waals surface area contributed by atoms with Crippen LogP contribution < -0.4 is 10.1 Å². The van der Waals surface area contributed by atoms with Gasteiger partial charge in [-0.15, -0.1) is 10.2 Å². The van der Waals surface area contributed by atoms with Crippen molar-refractivity contribution in [1.29, 1.82) is 0 Å². The third kappa shape index (κ3) is 3.30. The summed E-state index contributed by atoms with van der Waals surface area (Å²) in [6, 6.07) is 5.76. The van der Waals surface area contributed by atoms with Gasteiger partial charge in [0, 0.05) is 5.92 Å². The van der Waals surface area contributed by atoms with Gasteiger partial charge >= 0.3 is 0 Å². The van der Waals surface area contributed by atoms with Gasteiger partial charge in [0.2, 0.25) is 11.0 Å². The summed E-state index contributed by atoms with van der Waals surface area (Å²) in [6.07, 6.45) is 1.90. The predicted molar refractivity (Wildman–Crippen MR) is 72.0 cm³/mol. The monoisotopic (exact) mass is 293 g/mol. The molecule has 1 saturated carbocycles. The lowest BCUT2D eigenvalue weighted by molar-refractivity contribution is -0.117. The Morgan fingerprint density at radius 1 is 1.35 bits per heavy atom. The van der Waals surface area contributed by atoms with Crippen LogP contribution in [0.1, 0.15) is 17.8 Å². The first-order valence-electron chi connectivity index (χ1n) is 6.22. The molecule has 1 amide bonds. The number of halogens is 1. The van der Waals surface area contributed by atoms with Crippen molar-refractivity contribution in [3.8, 4) is 5.75 Å². The zero-order valence-electron chi connectivity index (χ0n) is 10.5. The molecule has 1 aromatic carbocycles. The average Bonchev–Trinajstić information content (AvgIpc) is 3.20. The second-order valence-electron chi connectivity index (χ2n) is 4.51. The number of carbonyl (C=O) groups excluding carboxylic acids is 1. The molecule has 1 N–H and O–H groups in total. The predicted octanol–water partition coefficient (Wildman–Crippen LogP) is 2.60. The fraction of sp³-hybridized carbons (Fsp3) is 0.308. The van der Waals surface area contributed by atoms with Gasteiger partial charge in [-0.25, -0.2) is 4.39 Å². The normalized spacial score (nSPS) is 14.1. The summed E-state index contributed by atoms with van der Waals surface area (Å²) in [5.41, 5.74) is 0. The molecule has 1 aliphatic rings. The molecule has 7 heteroatoms. The van der Waals surface area contributed by atoms with E-state index in [1.165, 1.54) is 23.5 Å². The molecule has 2 aromatic rings. The van der Waals surface area contributed by atoms with Gasteiger partial charge in [-0.3, -0.25) is 4.79 Å². The van der Waals surface area contributed by atoms with Crippen molar-refractivity contribution in [2.24, 2.45) is 5.92 Å². The molecule has 1 heterocycles. The third-order valence-electron chi connectivity index (χ3n) is 2.82. The molecule has 0 aliphatic heterocycles. The van der Waals surface area contributed by atoms with E-state index in [0.717, 1.165) is 12.8 Å². The lowest BCUT2D eigenvalue weighted by Gasteiger charge is -2.02. The van der Waals surface area contributed by atoms with E-state index in [0.29, 0.717) is 15.9 Å². The molecule has 0 bridgehead atoms. The number of rotatable bonds is 5. The minimum atomic E-state index is -0.307. The Hall–Kier alpha value is -2.02. The van der Waals surface area contributed by atoms with Crippen molar-refractivity contribution < 1.29 is 13.9 Å². The summed E-state index contributed by atoms with van der Waals surface area (Å²) in [6.45, 7) is 0.239. The third-order valence-corrected chi connectivity index (χ3v) is 3.63. The van der Waals surface area contributed by atoms with Crippen LogP contribution in [0.2, 0.25) is 0 Å². The Morgan fingerprint density at radius 3 is 2.80 bits per heavy atom. The van der Waals surface area contributed by atoms with Crippen LogP contribution >= 0.6 is 11.3 Å². The van der Waals surface area contributed by atoms with E-state index in [1.54, 1.807) is 12.1 Å². The second-order valence-corrected chi connectivity index (χ2v) is 5.57. The molecule has 0 atom stereocenters. The molecule has 20 heavy (non-hydrogen) atoms. The maximum absolute atomic E-state index is 12.7. The van der Waals surface area contributed by atoms with Crippen LogP contribution in [-0.2, 0) is 11.4 Å². The van der Waals surface area contributed by atoms with Crippen molar-refractivity contribution in [2.75, 3.05) is 5.32 Å². The first-order chi connectivity index (χ1) is 9.70. The highest BCUT2D eigenvalue weighted by molar-refractivity contribution is 7.15. The van der Waals surface area contributed by atoms with Gasteiger partial charge < -0.3 is 10.1 Å². The number of aromatic nitrogens is 2. The van der Waals surface area contributed by atoms with Crippen LogP contribution in [0, 0.1) is 11.7 Å². The highest BCUT2D eigenvalue weighted by Crippen LogP contribution is 2.30. The van der Waals surface area contributed by atoms with Crippen molar-refractivity contribution in [3.05, 3.63) is 35.1 Å². The van der Waals surface area contributed by atoms with E-state index in [2.05, 4.69) is 15.5 Å². The number of hydrogen-bond acceptors (Lipinski definition) is 5. The van der Waals surface area contributed by atoms with Gasteiger partial charge in [0.1, 0.15) is 18.2 Å². The molecular formula is C13H12FN3O2S. The van der Waals surface area contributed by atoms with Crippen LogP contribution in [0.5, 0.6) is 5.75 Å². The maximum Gasteiger partial charge on any atom is 0.229 e. The number of carbonyl (C=O) groups is 1. The van der Waals surface area contributed by atoms with Crippen molar-refractivity contribution in [1.82, 2.24) is 10.2 Å². The van der Waals surface area contributed by atoms with Crippen LogP contribution in [-0.4, -0.2) is 16.1 Å². The number of benzene rings is 1. The zero-order valence-corrected chi connectivity index (χ0v) is 11.3. The van der Waals surface area contributed by atoms with Gasteiger partial charge in [-0.05, 0) is 37.1 Å². The number of amides is 1. The summed E-state index contributed by atoms with van der Waals surface area (Å²) >= 11 is 1.28. The molecule has 0 unspecified atom stereocenters. The van der Waals surface area contributed by atoms with Gasteiger partial charge in [-0.1, -0.05) is 11.3 Å². The van der Waals surface area contributed by atoms with Crippen LogP contribution in [0.25, 0.3) is 0 Å². The number of hydrogen-bond donors (Lipinski definition) is 1. The van der Waals surface area contributed by atoms with E-state index in [9.17, 15) is 9.18 Å². The molecule has 5 nitrogen and oxygen atoms in total. The minimum Gasteiger partial charge on any atom is -0.486 e. The Kier molecular flexibility index (Phi) is 3.60. The van der Waals surface area contributed by atoms with E-state index in [4.69, 9.17) is 4.74 Å². The second kappa shape index (κ2) is 5.54. The van der Waals surface area contributed by atoms with Crippen LogP contribution in [0.3, 0.4) is 0 Å². The fourth-order valence-electron chi connectivity index (χ4n) is 1.59. The Labute approximate surface area is 118 Å². The standard InChI is InChI=1S/C13H12FN3O2S/c14-9-3-5-10(6-4-9)19-7-11-16-17-13(20-11)15-12(18)8-1-2-8/h3-6,8H,1-2,7H2,(H,15,17,18). The lowest BCUT2D eigenvalue weighted by atomic mass is 10.3. The van der Waals surface area contributed by atoms with Gasteiger partial charge in [0.15, 0.2) is 5.01 Å². The summed E-state index contributed by atoms with van der Waals surface area (Å²) in [5, 5.41) is 11.7. The van der Waals surface area contributed by atoms with Crippen LogP contribution in [0.15, 0.2) is 24.3 Å². The van der Waals surface area contributed by atoms with Gasteiger partial charge in [0.05, 0.1) is 0 Å². The molecule has 104 valence electrons. The topological polar surface area (TPSA) is 64.1 Å². The Bertz CT molecular complexity index is 610. The van der Waals surface area contributed by atoms with Gasteiger partial charge in [-0.2, -0.15) is 0 Å². The van der Waals surface area contributed by atoms with E-state index >= 15 is 0 Å². The lowest BCUT2D eigenvalue weighted by Crippen LogP contribution is -2.12. The quantitative estimate of drug-likeness (QED) is 0.920. The van der Waals surface area contributed by atoms with Gasteiger partial charge in [0.25, 0.3) is 0 Å². The smallest absolute Gasteiger partial charge is 0.229 e. The first kappa shape index (κ1) is 13.0. The number of ether oxygens (including phenoxy) is 1. The summed E-state index contributed by atoms with van der Waals surface area (Å²) in [4.78, 5) is 11.6. The first-order valence-corrected chi connectivity index (χ1v) is 7.04. The molecule has 1 fully saturated rings. The molecular weight excluding hydrogens is 281 g/mol. The Morgan fingerprint density at radius 2 is 2.10 bits per heavy atom. The van der Waals surface area contributed by atoms with Crippen LogP contribution in [0.4, 0.5) is 9.52 Å². The molecule has 1 aromatic heterocycles. The summed E-state index contributed by atoms with van der Waals surface area (Å²) < 4.78 is 18.2. The molecule has 3 rings (SSSR count). The number of nitrogens with zero attached hydrogens (tertiary/aromatic N) is 2.